The van der Waals surface area contributed by atoms with E-state index < -0.39 is 0 Å². The van der Waals surface area contributed by atoms with Crippen LogP contribution in [0.2, 0.25) is 5.02 Å². The average molecular weight is 253 g/mol. The van der Waals surface area contributed by atoms with Crippen LogP contribution in [0, 0.1) is 5.92 Å². The van der Waals surface area contributed by atoms with Crippen molar-refractivity contribution >= 4 is 11.6 Å². The predicted octanol–water partition coefficient (Wildman–Crippen LogP) is 3.07. The minimum atomic E-state index is 0.278. The van der Waals surface area contributed by atoms with E-state index in [1.807, 2.05) is 18.2 Å². The van der Waals surface area contributed by atoms with Crippen molar-refractivity contribution in [2.75, 3.05) is 19.6 Å². The van der Waals surface area contributed by atoms with Gasteiger partial charge in [-0.05, 0) is 30.5 Å². The maximum absolute atomic E-state index is 6.26. The molecule has 17 heavy (non-hydrogen) atoms. The summed E-state index contributed by atoms with van der Waals surface area (Å²) in [6, 6.07) is 8.34. The first-order valence-electron chi connectivity index (χ1n) is 6.44. The van der Waals surface area contributed by atoms with Crippen molar-refractivity contribution in [1.29, 1.82) is 0 Å². The number of nitrogens with two attached hydrogens (primary N) is 1. The molecule has 0 spiro atoms. The summed E-state index contributed by atoms with van der Waals surface area (Å²) in [6.45, 7) is 5.20. The van der Waals surface area contributed by atoms with Gasteiger partial charge in [0.15, 0.2) is 0 Å². The normalized spacial score (nSPS) is 22.9. The van der Waals surface area contributed by atoms with Gasteiger partial charge in [-0.1, -0.05) is 43.1 Å². The Balaban J connectivity index is 2.15. The van der Waals surface area contributed by atoms with Gasteiger partial charge in [0.1, 0.15) is 0 Å². The number of rotatable bonds is 4. The topological polar surface area (TPSA) is 29.3 Å². The number of benzene rings is 1. The van der Waals surface area contributed by atoms with Crippen molar-refractivity contribution < 1.29 is 0 Å². The molecule has 0 bridgehead atoms. The summed E-state index contributed by atoms with van der Waals surface area (Å²) in [5.41, 5.74) is 7.11. The van der Waals surface area contributed by atoms with Gasteiger partial charge in [-0.2, -0.15) is 0 Å². The first-order chi connectivity index (χ1) is 8.26. The van der Waals surface area contributed by atoms with Gasteiger partial charge in [-0.3, -0.25) is 4.90 Å². The Morgan fingerprint density at radius 2 is 2.24 bits per heavy atom. The van der Waals surface area contributed by atoms with Gasteiger partial charge < -0.3 is 5.73 Å². The molecule has 1 aromatic rings. The lowest BCUT2D eigenvalue weighted by atomic mass is 10.0. The fourth-order valence-electron chi connectivity index (χ4n) is 2.70. The molecule has 0 radical (unpaired) electrons. The van der Waals surface area contributed by atoms with E-state index in [4.69, 9.17) is 17.3 Å². The number of hydrogen-bond donors (Lipinski definition) is 1. The number of halogens is 1. The van der Waals surface area contributed by atoms with E-state index in [9.17, 15) is 0 Å². The first-order valence-corrected chi connectivity index (χ1v) is 6.82. The first kappa shape index (κ1) is 12.9. The Labute approximate surface area is 109 Å². The van der Waals surface area contributed by atoms with Gasteiger partial charge in [0.05, 0.1) is 0 Å². The fourth-order valence-corrected chi connectivity index (χ4v) is 2.96. The van der Waals surface area contributed by atoms with Crippen LogP contribution in [-0.4, -0.2) is 24.5 Å². The Kier molecular flexibility index (Phi) is 4.43. The molecule has 1 aliphatic heterocycles. The third kappa shape index (κ3) is 2.82. The molecular formula is C14H21ClN2. The molecule has 3 heteroatoms. The molecule has 0 aromatic heterocycles. The minimum Gasteiger partial charge on any atom is -0.329 e. The summed E-state index contributed by atoms with van der Waals surface area (Å²) >= 11 is 6.26. The van der Waals surface area contributed by atoms with Crippen LogP contribution in [0.4, 0.5) is 0 Å². The Bertz CT molecular complexity index is 367. The lowest BCUT2D eigenvalue weighted by molar-refractivity contribution is 0.241. The zero-order chi connectivity index (χ0) is 12.3. The Morgan fingerprint density at radius 3 is 2.82 bits per heavy atom. The van der Waals surface area contributed by atoms with Crippen molar-refractivity contribution in [1.82, 2.24) is 4.90 Å². The van der Waals surface area contributed by atoms with Crippen LogP contribution in [0.25, 0.3) is 0 Å². The number of likely N-dealkylation sites (tertiary alicyclic amines) is 1. The van der Waals surface area contributed by atoms with Gasteiger partial charge in [0, 0.05) is 24.2 Å². The Morgan fingerprint density at radius 1 is 1.47 bits per heavy atom. The summed E-state index contributed by atoms with van der Waals surface area (Å²) in [4.78, 5) is 2.48. The lowest BCUT2D eigenvalue weighted by Crippen LogP contribution is -2.32. The molecule has 94 valence electrons. The molecule has 2 unspecified atom stereocenters. The van der Waals surface area contributed by atoms with Crippen LogP contribution >= 0.6 is 11.6 Å². The van der Waals surface area contributed by atoms with E-state index in [1.165, 1.54) is 18.4 Å². The molecule has 2 rings (SSSR count). The highest BCUT2D eigenvalue weighted by Crippen LogP contribution is 2.31. The molecule has 0 saturated carbocycles. The zero-order valence-corrected chi connectivity index (χ0v) is 11.2. The van der Waals surface area contributed by atoms with Gasteiger partial charge in [-0.15, -0.1) is 0 Å². The van der Waals surface area contributed by atoms with Crippen LogP contribution in [0.1, 0.15) is 31.4 Å². The zero-order valence-electron chi connectivity index (χ0n) is 10.4. The second-order valence-electron chi connectivity index (χ2n) is 4.83. The summed E-state index contributed by atoms with van der Waals surface area (Å²) in [5, 5.41) is 0.836. The van der Waals surface area contributed by atoms with Crippen molar-refractivity contribution in [3.63, 3.8) is 0 Å². The fraction of sp³-hybridized carbons (Fsp3) is 0.571. The van der Waals surface area contributed by atoms with Crippen LogP contribution in [0.3, 0.4) is 0 Å². The molecule has 1 heterocycles. The molecule has 0 aliphatic carbocycles. The van der Waals surface area contributed by atoms with Crippen molar-refractivity contribution in [3.05, 3.63) is 34.9 Å². The average Bonchev–Trinajstić information content (AvgIpc) is 2.81. The molecule has 0 amide bonds. The van der Waals surface area contributed by atoms with E-state index in [0.29, 0.717) is 6.54 Å². The maximum Gasteiger partial charge on any atom is 0.0485 e. The summed E-state index contributed by atoms with van der Waals surface area (Å²) < 4.78 is 0. The highest BCUT2D eigenvalue weighted by atomic mass is 35.5. The SMILES string of the molecule is CCC1CCN(C(CN)c2ccccc2Cl)C1. The maximum atomic E-state index is 6.26. The standard InChI is InChI=1S/C14H21ClN2/c1-2-11-7-8-17(10-11)14(9-16)12-5-3-4-6-13(12)15/h3-6,11,14H,2,7-10,16H2,1H3. The molecule has 1 fully saturated rings. The summed E-state index contributed by atoms with van der Waals surface area (Å²) in [6.07, 6.45) is 2.55. The monoisotopic (exact) mass is 252 g/mol. The van der Waals surface area contributed by atoms with Gasteiger partial charge in [-0.25, -0.2) is 0 Å². The van der Waals surface area contributed by atoms with Crippen LogP contribution < -0.4 is 5.73 Å². The molecule has 2 atom stereocenters. The largest absolute Gasteiger partial charge is 0.329 e. The lowest BCUT2D eigenvalue weighted by Gasteiger charge is -2.27. The molecule has 1 aromatic carbocycles. The van der Waals surface area contributed by atoms with E-state index in [1.54, 1.807) is 0 Å². The molecule has 1 saturated heterocycles. The number of hydrogen-bond acceptors (Lipinski definition) is 2. The van der Waals surface area contributed by atoms with Crippen molar-refractivity contribution in [2.24, 2.45) is 11.7 Å². The minimum absolute atomic E-state index is 0.278. The molecule has 2 N–H and O–H groups in total. The third-order valence-electron chi connectivity index (χ3n) is 3.82. The molecule has 1 aliphatic rings. The van der Waals surface area contributed by atoms with Crippen LogP contribution in [0.15, 0.2) is 24.3 Å². The second kappa shape index (κ2) is 5.85. The smallest absolute Gasteiger partial charge is 0.0485 e. The second-order valence-corrected chi connectivity index (χ2v) is 5.24. The number of nitrogens with zero attached hydrogens (tertiary/aromatic N) is 1. The van der Waals surface area contributed by atoms with E-state index in [-0.39, 0.29) is 6.04 Å². The van der Waals surface area contributed by atoms with E-state index in [2.05, 4.69) is 17.9 Å². The van der Waals surface area contributed by atoms with Gasteiger partial charge >= 0.3 is 0 Å². The highest BCUT2D eigenvalue weighted by Gasteiger charge is 2.28. The molecule has 2 nitrogen and oxygen atoms in total. The van der Waals surface area contributed by atoms with Gasteiger partial charge in [0.25, 0.3) is 0 Å². The van der Waals surface area contributed by atoms with Crippen LogP contribution in [0.5, 0.6) is 0 Å². The van der Waals surface area contributed by atoms with Crippen molar-refractivity contribution in [3.8, 4) is 0 Å². The predicted molar refractivity (Wildman–Crippen MR) is 73.2 cm³/mol. The third-order valence-corrected chi connectivity index (χ3v) is 4.17. The summed E-state index contributed by atoms with van der Waals surface area (Å²) in [7, 11) is 0. The van der Waals surface area contributed by atoms with Gasteiger partial charge in [0.2, 0.25) is 0 Å². The van der Waals surface area contributed by atoms with E-state index >= 15 is 0 Å². The Hall–Kier alpha value is -0.570. The molecular weight excluding hydrogens is 232 g/mol. The van der Waals surface area contributed by atoms with Crippen LogP contribution in [-0.2, 0) is 0 Å². The van der Waals surface area contributed by atoms with Crippen molar-refractivity contribution in [2.45, 2.75) is 25.8 Å². The highest BCUT2D eigenvalue weighted by molar-refractivity contribution is 6.31. The van der Waals surface area contributed by atoms with E-state index in [0.717, 1.165) is 24.0 Å². The summed E-state index contributed by atoms with van der Waals surface area (Å²) in [5.74, 6) is 0.825. The quantitative estimate of drug-likeness (QED) is 0.893.